The molecule has 0 aromatic heterocycles. The van der Waals surface area contributed by atoms with Crippen LogP contribution in [0.3, 0.4) is 0 Å². The van der Waals surface area contributed by atoms with Gasteiger partial charge in [-0.15, -0.1) is 0 Å². The monoisotopic (exact) mass is 218 g/mol. The van der Waals surface area contributed by atoms with Crippen LogP contribution in [0.5, 0.6) is 5.75 Å². The third-order valence-electron chi connectivity index (χ3n) is 1.91. The maximum absolute atomic E-state index is 10.9. The number of para-hydroxylation sites is 2. The first-order chi connectivity index (χ1) is 7.63. The predicted octanol–water partition coefficient (Wildman–Crippen LogP) is 2.18. The summed E-state index contributed by atoms with van der Waals surface area (Å²) < 4.78 is 5.45. The van der Waals surface area contributed by atoms with Gasteiger partial charge in [-0.25, -0.2) is 0 Å². The third kappa shape index (κ3) is 3.62. The van der Waals surface area contributed by atoms with Gasteiger partial charge in [0.05, 0.1) is 17.7 Å². The van der Waals surface area contributed by atoms with E-state index in [2.05, 4.69) is 11.4 Å². The Morgan fingerprint density at radius 2 is 2.25 bits per heavy atom. The summed E-state index contributed by atoms with van der Waals surface area (Å²) in [7, 11) is 0. The van der Waals surface area contributed by atoms with Crippen molar-refractivity contribution in [2.24, 2.45) is 5.92 Å². The normalized spacial score (nSPS) is 11.3. The quantitative estimate of drug-likeness (QED) is 0.842. The standard InChI is InChI=1S/C12H14N2O2/c1-9(7-13)8-16-12-6-4-3-5-11(12)14-10(2)15/h3-6,9H,8H2,1-2H3,(H,14,15). The SMILES string of the molecule is CC(=O)Nc1ccccc1OCC(C)C#N. The van der Waals surface area contributed by atoms with Crippen molar-refractivity contribution in [3.63, 3.8) is 0 Å². The molecule has 1 unspecified atom stereocenters. The van der Waals surface area contributed by atoms with Crippen LogP contribution in [0.1, 0.15) is 13.8 Å². The largest absolute Gasteiger partial charge is 0.490 e. The van der Waals surface area contributed by atoms with Gasteiger partial charge in [-0.05, 0) is 19.1 Å². The lowest BCUT2D eigenvalue weighted by Crippen LogP contribution is -2.10. The molecule has 1 aromatic carbocycles. The number of hydrogen-bond acceptors (Lipinski definition) is 3. The predicted molar refractivity (Wildman–Crippen MR) is 61.0 cm³/mol. The molecule has 1 aromatic rings. The summed E-state index contributed by atoms with van der Waals surface area (Å²) in [4.78, 5) is 10.9. The van der Waals surface area contributed by atoms with Crippen LogP contribution in [0.2, 0.25) is 0 Å². The van der Waals surface area contributed by atoms with Crippen LogP contribution in [-0.4, -0.2) is 12.5 Å². The second kappa shape index (κ2) is 5.76. The number of nitrogens with zero attached hydrogens (tertiary/aromatic N) is 1. The summed E-state index contributed by atoms with van der Waals surface area (Å²) in [5, 5.41) is 11.3. The average Bonchev–Trinajstić information content (AvgIpc) is 2.26. The van der Waals surface area contributed by atoms with Crippen LogP contribution in [0, 0.1) is 17.2 Å². The van der Waals surface area contributed by atoms with Crippen molar-refractivity contribution >= 4 is 11.6 Å². The molecule has 1 N–H and O–H groups in total. The second-order valence-electron chi connectivity index (χ2n) is 3.52. The molecule has 0 bridgehead atoms. The number of hydrogen-bond donors (Lipinski definition) is 1. The highest BCUT2D eigenvalue weighted by Crippen LogP contribution is 2.23. The summed E-state index contributed by atoms with van der Waals surface area (Å²) >= 11 is 0. The van der Waals surface area contributed by atoms with Crippen LogP contribution < -0.4 is 10.1 Å². The number of amides is 1. The Kier molecular flexibility index (Phi) is 4.34. The molecular weight excluding hydrogens is 204 g/mol. The summed E-state index contributed by atoms with van der Waals surface area (Å²) in [5.41, 5.74) is 0.625. The first-order valence-electron chi connectivity index (χ1n) is 5.02. The van der Waals surface area contributed by atoms with Gasteiger partial charge < -0.3 is 10.1 Å². The minimum absolute atomic E-state index is 0.149. The van der Waals surface area contributed by atoms with E-state index in [0.29, 0.717) is 18.0 Å². The summed E-state index contributed by atoms with van der Waals surface area (Å²) in [6.45, 7) is 3.53. The van der Waals surface area contributed by atoms with Gasteiger partial charge in [-0.2, -0.15) is 5.26 Å². The fourth-order valence-electron chi connectivity index (χ4n) is 1.14. The number of anilines is 1. The van der Waals surface area contributed by atoms with Crippen molar-refractivity contribution in [2.45, 2.75) is 13.8 Å². The fourth-order valence-corrected chi connectivity index (χ4v) is 1.14. The Morgan fingerprint density at radius 3 is 2.88 bits per heavy atom. The maximum atomic E-state index is 10.9. The Balaban J connectivity index is 2.71. The molecule has 0 fully saturated rings. The molecule has 4 heteroatoms. The summed E-state index contributed by atoms with van der Waals surface area (Å²) in [6.07, 6.45) is 0. The van der Waals surface area contributed by atoms with Crippen LogP contribution in [0.25, 0.3) is 0 Å². The molecule has 0 saturated heterocycles. The van der Waals surface area contributed by atoms with E-state index in [9.17, 15) is 4.79 Å². The smallest absolute Gasteiger partial charge is 0.221 e. The molecular formula is C12H14N2O2. The molecule has 0 aliphatic heterocycles. The van der Waals surface area contributed by atoms with Crippen LogP contribution in [0.4, 0.5) is 5.69 Å². The van der Waals surface area contributed by atoms with Crippen molar-refractivity contribution in [1.82, 2.24) is 0 Å². The van der Waals surface area contributed by atoms with E-state index in [4.69, 9.17) is 10.00 Å². The van der Waals surface area contributed by atoms with Gasteiger partial charge >= 0.3 is 0 Å². The molecule has 0 heterocycles. The van der Waals surface area contributed by atoms with Crippen LogP contribution in [0.15, 0.2) is 24.3 Å². The number of carbonyl (C=O) groups excluding carboxylic acids is 1. The third-order valence-corrected chi connectivity index (χ3v) is 1.91. The Bertz CT molecular complexity index is 410. The molecule has 1 rings (SSSR count). The van der Waals surface area contributed by atoms with E-state index in [-0.39, 0.29) is 11.8 Å². The van der Waals surface area contributed by atoms with Crippen molar-refractivity contribution in [2.75, 3.05) is 11.9 Å². The van der Waals surface area contributed by atoms with E-state index < -0.39 is 0 Å². The minimum Gasteiger partial charge on any atom is -0.490 e. The van der Waals surface area contributed by atoms with Crippen molar-refractivity contribution in [3.8, 4) is 11.8 Å². The van der Waals surface area contributed by atoms with Gasteiger partial charge in [0.1, 0.15) is 12.4 Å². The zero-order valence-electron chi connectivity index (χ0n) is 9.36. The molecule has 1 amide bonds. The highest BCUT2D eigenvalue weighted by Gasteiger charge is 2.06. The molecule has 1 atom stereocenters. The number of ether oxygens (including phenoxy) is 1. The van der Waals surface area contributed by atoms with Crippen molar-refractivity contribution < 1.29 is 9.53 Å². The number of nitriles is 1. The molecule has 16 heavy (non-hydrogen) atoms. The average molecular weight is 218 g/mol. The van der Waals surface area contributed by atoms with Crippen LogP contribution in [-0.2, 0) is 4.79 Å². The first-order valence-corrected chi connectivity index (χ1v) is 5.02. The first kappa shape index (κ1) is 12.1. The Morgan fingerprint density at radius 1 is 1.56 bits per heavy atom. The van der Waals surface area contributed by atoms with E-state index in [1.165, 1.54) is 6.92 Å². The molecule has 0 aliphatic carbocycles. The topological polar surface area (TPSA) is 62.1 Å². The highest BCUT2D eigenvalue weighted by molar-refractivity contribution is 5.90. The van der Waals surface area contributed by atoms with Gasteiger partial charge in [-0.1, -0.05) is 12.1 Å². The number of carbonyl (C=O) groups is 1. The number of benzene rings is 1. The zero-order chi connectivity index (χ0) is 12.0. The molecule has 0 spiro atoms. The molecule has 4 nitrogen and oxygen atoms in total. The summed E-state index contributed by atoms with van der Waals surface area (Å²) in [6, 6.07) is 9.23. The summed E-state index contributed by atoms with van der Waals surface area (Å²) in [5.74, 6) is 0.259. The Labute approximate surface area is 94.8 Å². The molecule has 0 saturated carbocycles. The zero-order valence-corrected chi connectivity index (χ0v) is 9.36. The Hall–Kier alpha value is -2.02. The molecule has 84 valence electrons. The number of nitrogens with one attached hydrogen (secondary N) is 1. The lowest BCUT2D eigenvalue weighted by atomic mass is 10.2. The lowest BCUT2D eigenvalue weighted by molar-refractivity contribution is -0.114. The minimum atomic E-state index is -0.176. The van der Waals surface area contributed by atoms with Crippen molar-refractivity contribution in [3.05, 3.63) is 24.3 Å². The van der Waals surface area contributed by atoms with E-state index in [1.807, 2.05) is 12.1 Å². The second-order valence-corrected chi connectivity index (χ2v) is 3.52. The fraction of sp³-hybridized carbons (Fsp3) is 0.333. The van der Waals surface area contributed by atoms with Gasteiger partial charge in [0.2, 0.25) is 5.91 Å². The van der Waals surface area contributed by atoms with Gasteiger partial charge in [0.15, 0.2) is 0 Å². The highest BCUT2D eigenvalue weighted by atomic mass is 16.5. The van der Waals surface area contributed by atoms with Crippen molar-refractivity contribution in [1.29, 1.82) is 5.26 Å². The van der Waals surface area contributed by atoms with E-state index in [1.54, 1.807) is 19.1 Å². The van der Waals surface area contributed by atoms with E-state index in [0.717, 1.165) is 0 Å². The molecule has 0 aliphatic rings. The molecule has 0 radical (unpaired) electrons. The maximum Gasteiger partial charge on any atom is 0.221 e. The number of rotatable bonds is 4. The van der Waals surface area contributed by atoms with E-state index >= 15 is 0 Å². The van der Waals surface area contributed by atoms with Crippen LogP contribution >= 0.6 is 0 Å². The van der Waals surface area contributed by atoms with Gasteiger partial charge in [0, 0.05) is 6.92 Å². The van der Waals surface area contributed by atoms with Gasteiger partial charge in [0.25, 0.3) is 0 Å². The van der Waals surface area contributed by atoms with Gasteiger partial charge in [-0.3, -0.25) is 4.79 Å². The lowest BCUT2D eigenvalue weighted by Gasteiger charge is -2.11.